The van der Waals surface area contributed by atoms with Crippen LogP contribution in [-0.4, -0.2) is 37.1 Å². The molecule has 0 aliphatic heterocycles. The molecule has 0 aliphatic rings. The standard InChI is InChI=1S/C13H16F4N2O/c1-3-7-18-11-9(5-4-6-10(11)14)12(20)19(2)8-13(15,16)17/h4-6,18H,3,7-8H2,1-2H3. The zero-order chi connectivity index (χ0) is 15.3. The van der Waals surface area contributed by atoms with Gasteiger partial charge >= 0.3 is 6.18 Å². The van der Waals surface area contributed by atoms with Gasteiger partial charge in [0.05, 0.1) is 11.3 Å². The number of nitrogens with zero attached hydrogens (tertiary/aromatic N) is 1. The van der Waals surface area contributed by atoms with Gasteiger partial charge in [-0.05, 0) is 18.6 Å². The number of benzene rings is 1. The minimum absolute atomic E-state index is 0.0617. The van der Waals surface area contributed by atoms with Crippen molar-refractivity contribution in [2.75, 3.05) is 25.5 Å². The second kappa shape index (κ2) is 6.58. The average Bonchev–Trinajstić information content (AvgIpc) is 2.34. The van der Waals surface area contributed by atoms with E-state index in [2.05, 4.69) is 5.32 Å². The number of halogens is 4. The Bertz CT molecular complexity index is 474. The zero-order valence-electron chi connectivity index (χ0n) is 11.2. The van der Waals surface area contributed by atoms with Gasteiger partial charge in [-0.3, -0.25) is 4.79 Å². The molecular formula is C13H16F4N2O. The summed E-state index contributed by atoms with van der Waals surface area (Å²) in [6, 6.07) is 3.75. The molecule has 1 aromatic rings. The number of para-hydroxylation sites is 1. The normalized spacial score (nSPS) is 11.3. The van der Waals surface area contributed by atoms with E-state index < -0.39 is 24.4 Å². The first-order valence-corrected chi connectivity index (χ1v) is 6.11. The molecule has 0 saturated heterocycles. The smallest absolute Gasteiger partial charge is 0.382 e. The second-order valence-electron chi connectivity index (χ2n) is 4.37. The molecule has 0 saturated carbocycles. The van der Waals surface area contributed by atoms with Gasteiger partial charge in [-0.1, -0.05) is 13.0 Å². The van der Waals surface area contributed by atoms with E-state index >= 15 is 0 Å². The molecule has 112 valence electrons. The fourth-order valence-electron chi connectivity index (χ4n) is 1.68. The van der Waals surface area contributed by atoms with Gasteiger partial charge < -0.3 is 10.2 Å². The molecule has 1 amide bonds. The van der Waals surface area contributed by atoms with E-state index in [9.17, 15) is 22.4 Å². The number of rotatable bonds is 5. The summed E-state index contributed by atoms with van der Waals surface area (Å²) >= 11 is 0. The molecule has 1 N–H and O–H groups in total. The van der Waals surface area contributed by atoms with Gasteiger partial charge in [0.2, 0.25) is 0 Å². The summed E-state index contributed by atoms with van der Waals surface area (Å²) < 4.78 is 50.5. The van der Waals surface area contributed by atoms with Crippen molar-refractivity contribution in [3.63, 3.8) is 0 Å². The van der Waals surface area contributed by atoms with Crippen LogP contribution in [0.2, 0.25) is 0 Å². The van der Waals surface area contributed by atoms with Crippen LogP contribution in [0.15, 0.2) is 18.2 Å². The van der Waals surface area contributed by atoms with Crippen LogP contribution in [0.3, 0.4) is 0 Å². The van der Waals surface area contributed by atoms with Crippen LogP contribution in [0, 0.1) is 5.82 Å². The Hall–Kier alpha value is -1.79. The lowest BCUT2D eigenvalue weighted by molar-refractivity contribution is -0.138. The van der Waals surface area contributed by atoms with Crippen molar-refractivity contribution in [2.45, 2.75) is 19.5 Å². The van der Waals surface area contributed by atoms with E-state index in [1.165, 1.54) is 12.1 Å². The SMILES string of the molecule is CCCNc1c(F)cccc1C(=O)N(C)CC(F)(F)F. The predicted molar refractivity (Wildman–Crippen MR) is 68.2 cm³/mol. The van der Waals surface area contributed by atoms with Crippen LogP contribution in [0.4, 0.5) is 23.2 Å². The van der Waals surface area contributed by atoms with Crippen LogP contribution < -0.4 is 5.32 Å². The van der Waals surface area contributed by atoms with Gasteiger partial charge in [0.1, 0.15) is 12.4 Å². The maximum Gasteiger partial charge on any atom is 0.406 e. The van der Waals surface area contributed by atoms with Crippen LogP contribution in [-0.2, 0) is 0 Å². The third-order valence-electron chi connectivity index (χ3n) is 2.56. The number of anilines is 1. The number of carbonyl (C=O) groups excluding carboxylic acids is 1. The molecular weight excluding hydrogens is 276 g/mol. The summed E-state index contributed by atoms with van der Waals surface area (Å²) in [7, 11) is 1.03. The predicted octanol–water partition coefficient (Wildman–Crippen LogP) is 3.28. The van der Waals surface area contributed by atoms with Crippen LogP contribution >= 0.6 is 0 Å². The summed E-state index contributed by atoms with van der Waals surface area (Å²) in [6.45, 7) is 0.894. The van der Waals surface area contributed by atoms with Crippen molar-refractivity contribution >= 4 is 11.6 Å². The highest BCUT2D eigenvalue weighted by Crippen LogP contribution is 2.23. The van der Waals surface area contributed by atoms with Gasteiger partial charge in [0.15, 0.2) is 0 Å². The Morgan fingerprint density at radius 1 is 1.35 bits per heavy atom. The summed E-state index contributed by atoms with van der Waals surface area (Å²) in [5.41, 5.74) is -0.168. The molecule has 7 heteroatoms. The molecule has 0 unspecified atom stereocenters. The molecule has 0 aromatic heterocycles. The quantitative estimate of drug-likeness (QED) is 0.845. The Kier molecular flexibility index (Phi) is 5.35. The summed E-state index contributed by atoms with van der Waals surface area (Å²) in [6.07, 6.45) is -3.80. The van der Waals surface area contributed by atoms with E-state index in [-0.39, 0.29) is 11.3 Å². The van der Waals surface area contributed by atoms with E-state index in [4.69, 9.17) is 0 Å². The number of amides is 1. The lowest BCUT2D eigenvalue weighted by Crippen LogP contribution is -2.36. The third-order valence-corrected chi connectivity index (χ3v) is 2.56. The fourth-order valence-corrected chi connectivity index (χ4v) is 1.68. The number of alkyl halides is 3. The van der Waals surface area contributed by atoms with Crippen molar-refractivity contribution in [1.82, 2.24) is 4.90 Å². The van der Waals surface area contributed by atoms with Crippen molar-refractivity contribution in [3.05, 3.63) is 29.6 Å². The summed E-state index contributed by atoms with van der Waals surface area (Å²) in [5.74, 6) is -1.54. The molecule has 3 nitrogen and oxygen atoms in total. The molecule has 1 rings (SSSR count). The first-order valence-electron chi connectivity index (χ1n) is 6.11. The Morgan fingerprint density at radius 2 is 2.00 bits per heavy atom. The van der Waals surface area contributed by atoms with Gasteiger partial charge in [-0.2, -0.15) is 13.2 Å². The molecule has 20 heavy (non-hydrogen) atoms. The minimum atomic E-state index is -4.49. The Balaban J connectivity index is 3.00. The van der Waals surface area contributed by atoms with Crippen molar-refractivity contribution in [1.29, 1.82) is 0 Å². The first kappa shape index (κ1) is 16.3. The molecule has 0 aliphatic carbocycles. The van der Waals surface area contributed by atoms with Gasteiger partial charge in [0, 0.05) is 13.6 Å². The lowest BCUT2D eigenvalue weighted by atomic mass is 10.1. The summed E-state index contributed by atoms with van der Waals surface area (Å²) in [4.78, 5) is 12.5. The number of nitrogens with one attached hydrogen (secondary N) is 1. The van der Waals surface area contributed by atoms with Gasteiger partial charge in [0.25, 0.3) is 5.91 Å². The van der Waals surface area contributed by atoms with Gasteiger partial charge in [-0.15, -0.1) is 0 Å². The third kappa shape index (κ3) is 4.40. The fraction of sp³-hybridized carbons (Fsp3) is 0.462. The lowest BCUT2D eigenvalue weighted by Gasteiger charge is -2.21. The largest absolute Gasteiger partial charge is 0.406 e. The highest BCUT2D eigenvalue weighted by atomic mass is 19.4. The van der Waals surface area contributed by atoms with E-state index in [0.717, 1.165) is 13.1 Å². The number of hydrogen-bond donors (Lipinski definition) is 1. The van der Waals surface area contributed by atoms with Crippen LogP contribution in [0.25, 0.3) is 0 Å². The maximum atomic E-state index is 13.7. The van der Waals surface area contributed by atoms with E-state index in [1.807, 2.05) is 6.92 Å². The molecule has 0 atom stereocenters. The first-order chi connectivity index (χ1) is 9.26. The highest BCUT2D eigenvalue weighted by molar-refractivity contribution is 5.99. The van der Waals surface area contributed by atoms with Gasteiger partial charge in [-0.25, -0.2) is 4.39 Å². The minimum Gasteiger partial charge on any atom is -0.382 e. The molecule has 0 bridgehead atoms. The molecule has 0 heterocycles. The summed E-state index contributed by atoms with van der Waals surface area (Å²) in [5, 5.41) is 2.73. The van der Waals surface area contributed by atoms with Crippen molar-refractivity contribution in [3.8, 4) is 0 Å². The van der Waals surface area contributed by atoms with E-state index in [1.54, 1.807) is 0 Å². The molecule has 0 fully saturated rings. The average molecular weight is 292 g/mol. The molecule has 0 radical (unpaired) electrons. The Labute approximate surface area is 114 Å². The second-order valence-corrected chi connectivity index (χ2v) is 4.37. The highest BCUT2D eigenvalue weighted by Gasteiger charge is 2.32. The number of hydrogen-bond acceptors (Lipinski definition) is 2. The van der Waals surface area contributed by atoms with E-state index in [0.29, 0.717) is 17.9 Å². The monoisotopic (exact) mass is 292 g/mol. The number of carbonyl (C=O) groups is 1. The topological polar surface area (TPSA) is 32.3 Å². The van der Waals surface area contributed by atoms with Crippen molar-refractivity contribution < 1.29 is 22.4 Å². The van der Waals surface area contributed by atoms with Crippen LogP contribution in [0.1, 0.15) is 23.7 Å². The van der Waals surface area contributed by atoms with Crippen molar-refractivity contribution in [2.24, 2.45) is 0 Å². The zero-order valence-corrected chi connectivity index (χ0v) is 11.2. The molecule has 1 aromatic carbocycles. The maximum absolute atomic E-state index is 13.7. The van der Waals surface area contributed by atoms with Crippen LogP contribution in [0.5, 0.6) is 0 Å². The Morgan fingerprint density at radius 3 is 2.55 bits per heavy atom. The molecule has 0 spiro atoms.